The molecule has 25 heavy (non-hydrogen) atoms. The SMILES string of the molecule is CN(CCC#N)c1ccc(/C=C2\N=C(c3ccccc3)OC2=O)cc1. The fraction of sp³-hybridized carbons (Fsp3) is 0.150. The second kappa shape index (κ2) is 7.45. The number of anilines is 1. The van der Waals surface area contributed by atoms with Crippen molar-refractivity contribution in [3.63, 3.8) is 0 Å². The van der Waals surface area contributed by atoms with Gasteiger partial charge in [0, 0.05) is 24.8 Å². The average Bonchev–Trinajstić information content (AvgIpc) is 3.01. The molecule has 2 aromatic rings. The van der Waals surface area contributed by atoms with Crippen molar-refractivity contribution in [3.05, 3.63) is 71.4 Å². The number of ether oxygens (including phenoxy) is 1. The molecule has 0 saturated carbocycles. The molecule has 1 heterocycles. The number of nitrogens with zero attached hydrogens (tertiary/aromatic N) is 3. The summed E-state index contributed by atoms with van der Waals surface area (Å²) >= 11 is 0. The van der Waals surface area contributed by atoms with E-state index >= 15 is 0 Å². The summed E-state index contributed by atoms with van der Waals surface area (Å²) in [4.78, 5) is 18.3. The summed E-state index contributed by atoms with van der Waals surface area (Å²) in [6.45, 7) is 0.675. The smallest absolute Gasteiger partial charge is 0.363 e. The lowest BCUT2D eigenvalue weighted by Crippen LogP contribution is -2.17. The molecular weight excluding hydrogens is 314 g/mol. The van der Waals surface area contributed by atoms with Crippen LogP contribution in [0, 0.1) is 11.3 Å². The van der Waals surface area contributed by atoms with E-state index in [9.17, 15) is 4.79 Å². The van der Waals surface area contributed by atoms with Crippen LogP contribution in [0.1, 0.15) is 17.5 Å². The van der Waals surface area contributed by atoms with Gasteiger partial charge in [-0.05, 0) is 35.9 Å². The molecule has 0 bridgehead atoms. The molecular formula is C20H17N3O2. The molecule has 0 radical (unpaired) electrons. The van der Waals surface area contributed by atoms with Crippen molar-refractivity contribution < 1.29 is 9.53 Å². The van der Waals surface area contributed by atoms with Crippen molar-refractivity contribution in [2.75, 3.05) is 18.5 Å². The highest BCUT2D eigenvalue weighted by Gasteiger charge is 2.23. The third kappa shape index (κ3) is 3.93. The van der Waals surface area contributed by atoms with Gasteiger partial charge in [0.05, 0.1) is 12.5 Å². The molecule has 0 spiro atoms. The number of hydrogen-bond acceptors (Lipinski definition) is 5. The lowest BCUT2D eigenvalue weighted by Gasteiger charge is -2.17. The van der Waals surface area contributed by atoms with Crippen molar-refractivity contribution in [1.82, 2.24) is 0 Å². The van der Waals surface area contributed by atoms with Crippen molar-refractivity contribution in [3.8, 4) is 6.07 Å². The van der Waals surface area contributed by atoms with E-state index in [2.05, 4.69) is 11.1 Å². The Labute approximate surface area is 146 Å². The first-order chi connectivity index (χ1) is 12.2. The second-order valence-electron chi connectivity index (χ2n) is 5.62. The van der Waals surface area contributed by atoms with Gasteiger partial charge in [-0.1, -0.05) is 30.3 Å². The van der Waals surface area contributed by atoms with Gasteiger partial charge in [-0.15, -0.1) is 0 Å². The first kappa shape index (κ1) is 16.5. The molecule has 0 fully saturated rings. The number of cyclic esters (lactones) is 1. The van der Waals surface area contributed by atoms with Crippen LogP contribution >= 0.6 is 0 Å². The molecule has 2 aromatic carbocycles. The lowest BCUT2D eigenvalue weighted by atomic mass is 10.1. The highest BCUT2D eigenvalue weighted by molar-refractivity contribution is 6.12. The van der Waals surface area contributed by atoms with Crippen molar-refractivity contribution in [2.24, 2.45) is 4.99 Å². The van der Waals surface area contributed by atoms with Crippen LogP contribution in [-0.4, -0.2) is 25.5 Å². The van der Waals surface area contributed by atoms with E-state index in [0.29, 0.717) is 18.9 Å². The Hall–Kier alpha value is -3.39. The summed E-state index contributed by atoms with van der Waals surface area (Å²) in [5.74, 6) is -0.126. The van der Waals surface area contributed by atoms with Gasteiger partial charge < -0.3 is 9.64 Å². The van der Waals surface area contributed by atoms with Crippen LogP contribution in [0.15, 0.2) is 65.3 Å². The zero-order chi connectivity index (χ0) is 17.6. The van der Waals surface area contributed by atoms with Gasteiger partial charge in [0.25, 0.3) is 0 Å². The molecule has 0 aliphatic carbocycles. The molecule has 0 N–H and O–H groups in total. The number of nitriles is 1. The third-order valence-corrected chi connectivity index (χ3v) is 3.84. The number of carbonyl (C=O) groups is 1. The van der Waals surface area contributed by atoms with Gasteiger partial charge in [-0.25, -0.2) is 9.79 Å². The number of hydrogen-bond donors (Lipinski definition) is 0. The van der Waals surface area contributed by atoms with E-state index < -0.39 is 5.97 Å². The van der Waals surface area contributed by atoms with Crippen molar-refractivity contribution >= 4 is 23.6 Å². The maximum atomic E-state index is 12.0. The number of rotatable bonds is 5. The minimum Gasteiger partial charge on any atom is -0.402 e. The van der Waals surface area contributed by atoms with Crippen LogP contribution in [-0.2, 0) is 9.53 Å². The minimum atomic E-state index is -0.450. The predicted molar refractivity (Wildman–Crippen MR) is 97.0 cm³/mol. The summed E-state index contributed by atoms with van der Waals surface area (Å²) in [7, 11) is 1.94. The summed E-state index contributed by atoms with van der Waals surface area (Å²) in [5.41, 5.74) is 2.93. The van der Waals surface area contributed by atoms with Gasteiger partial charge in [0.1, 0.15) is 0 Å². The van der Waals surface area contributed by atoms with Gasteiger partial charge in [-0.3, -0.25) is 0 Å². The average molecular weight is 331 g/mol. The maximum absolute atomic E-state index is 12.0. The first-order valence-electron chi connectivity index (χ1n) is 7.93. The van der Waals surface area contributed by atoms with Gasteiger partial charge in [0.15, 0.2) is 5.70 Å². The Bertz CT molecular complexity index is 862. The summed E-state index contributed by atoms with van der Waals surface area (Å²) in [6.07, 6.45) is 2.18. The Kier molecular flexibility index (Phi) is 4.91. The van der Waals surface area contributed by atoms with E-state index in [0.717, 1.165) is 16.8 Å². The number of carbonyl (C=O) groups excluding carboxylic acids is 1. The van der Waals surface area contributed by atoms with E-state index in [1.54, 1.807) is 6.08 Å². The van der Waals surface area contributed by atoms with Gasteiger partial charge in [0.2, 0.25) is 5.90 Å². The molecule has 5 nitrogen and oxygen atoms in total. The molecule has 0 unspecified atom stereocenters. The summed E-state index contributed by atoms with van der Waals surface area (Å²) in [6, 6.07) is 19.2. The predicted octanol–water partition coefficient (Wildman–Crippen LogP) is 3.38. The highest BCUT2D eigenvalue weighted by Crippen LogP contribution is 2.21. The molecule has 124 valence electrons. The summed E-state index contributed by atoms with van der Waals surface area (Å²) < 4.78 is 5.24. The van der Waals surface area contributed by atoms with Crippen LogP contribution in [0.4, 0.5) is 5.69 Å². The van der Waals surface area contributed by atoms with E-state index in [1.807, 2.05) is 66.5 Å². The quantitative estimate of drug-likeness (QED) is 0.622. The Morgan fingerprint density at radius 3 is 2.56 bits per heavy atom. The molecule has 5 heteroatoms. The largest absolute Gasteiger partial charge is 0.402 e. The van der Waals surface area contributed by atoms with Crippen molar-refractivity contribution in [2.45, 2.75) is 6.42 Å². The molecule has 0 aromatic heterocycles. The molecule has 1 aliphatic rings. The standard InChI is InChI=1S/C20H17N3O2/c1-23(13-5-12-21)17-10-8-15(9-11-17)14-18-20(24)25-19(22-18)16-6-3-2-4-7-16/h2-4,6-11,14H,5,13H2,1H3/b18-14-. The minimum absolute atomic E-state index is 0.282. The lowest BCUT2D eigenvalue weighted by molar-refractivity contribution is -0.129. The van der Waals surface area contributed by atoms with Crippen LogP contribution in [0.3, 0.4) is 0 Å². The summed E-state index contributed by atoms with van der Waals surface area (Å²) in [5, 5.41) is 8.65. The topological polar surface area (TPSA) is 65.7 Å². The zero-order valence-corrected chi connectivity index (χ0v) is 13.8. The zero-order valence-electron chi connectivity index (χ0n) is 13.8. The molecule has 3 rings (SSSR count). The fourth-order valence-electron chi connectivity index (χ4n) is 2.44. The number of esters is 1. The first-order valence-corrected chi connectivity index (χ1v) is 7.93. The second-order valence-corrected chi connectivity index (χ2v) is 5.62. The normalized spacial score (nSPS) is 14.8. The van der Waals surface area contributed by atoms with Crippen LogP contribution in [0.25, 0.3) is 6.08 Å². The third-order valence-electron chi connectivity index (χ3n) is 3.84. The monoisotopic (exact) mass is 331 g/mol. The highest BCUT2D eigenvalue weighted by atomic mass is 16.6. The van der Waals surface area contributed by atoms with Crippen molar-refractivity contribution in [1.29, 1.82) is 5.26 Å². The van der Waals surface area contributed by atoms with Crippen LogP contribution in [0.2, 0.25) is 0 Å². The Balaban J connectivity index is 1.77. The molecule has 0 atom stereocenters. The Morgan fingerprint density at radius 2 is 1.88 bits per heavy atom. The fourth-order valence-corrected chi connectivity index (χ4v) is 2.44. The number of benzene rings is 2. The Morgan fingerprint density at radius 1 is 1.16 bits per heavy atom. The maximum Gasteiger partial charge on any atom is 0.363 e. The van der Waals surface area contributed by atoms with Crippen LogP contribution < -0.4 is 4.90 Å². The molecule has 0 amide bonds. The molecule has 0 saturated heterocycles. The van der Waals surface area contributed by atoms with Gasteiger partial charge >= 0.3 is 5.97 Å². The van der Waals surface area contributed by atoms with E-state index in [4.69, 9.17) is 10.00 Å². The van der Waals surface area contributed by atoms with Crippen LogP contribution in [0.5, 0.6) is 0 Å². The van der Waals surface area contributed by atoms with Gasteiger partial charge in [-0.2, -0.15) is 5.26 Å². The van der Waals surface area contributed by atoms with E-state index in [1.165, 1.54) is 0 Å². The number of aliphatic imine (C=N–C) groups is 1. The molecule has 1 aliphatic heterocycles. The van der Waals surface area contributed by atoms with E-state index in [-0.39, 0.29) is 5.70 Å².